The van der Waals surface area contributed by atoms with Gasteiger partial charge in [0.25, 0.3) is 0 Å². The molecular weight excluding hydrogens is 188 g/mol. The van der Waals surface area contributed by atoms with Crippen molar-refractivity contribution in [1.29, 1.82) is 0 Å². The Hall–Kier alpha value is -0.830. The van der Waals surface area contributed by atoms with Crippen molar-refractivity contribution >= 4 is 5.91 Å². The van der Waals surface area contributed by atoms with E-state index in [2.05, 4.69) is 17.1 Å². The lowest BCUT2D eigenvalue weighted by molar-refractivity contribution is -0.118. The largest absolute Gasteiger partial charge is 0.350 e. The molecule has 1 unspecified atom stereocenters. The second-order valence-electron chi connectivity index (χ2n) is 4.44. The van der Waals surface area contributed by atoms with Gasteiger partial charge in [0, 0.05) is 17.7 Å². The third-order valence-electron chi connectivity index (χ3n) is 2.88. The Balaban J connectivity index is 2.58. The van der Waals surface area contributed by atoms with Gasteiger partial charge in [-0.15, -0.1) is 0 Å². The van der Waals surface area contributed by atoms with Gasteiger partial charge in [-0.2, -0.15) is 0 Å². The van der Waals surface area contributed by atoms with E-state index in [4.69, 9.17) is 0 Å². The Bertz CT molecular complexity index is 254. The van der Waals surface area contributed by atoms with Crippen LogP contribution in [0, 0.1) is 0 Å². The van der Waals surface area contributed by atoms with Gasteiger partial charge >= 0.3 is 0 Å². The lowest BCUT2D eigenvalue weighted by Crippen LogP contribution is -2.47. The number of nitrogens with zero attached hydrogens (tertiary/aromatic N) is 1. The van der Waals surface area contributed by atoms with Gasteiger partial charge in [0.15, 0.2) is 0 Å². The number of hydrogen-bond acceptors (Lipinski definition) is 2. The second-order valence-corrected chi connectivity index (χ2v) is 4.44. The molecule has 0 spiro atoms. The summed E-state index contributed by atoms with van der Waals surface area (Å²) in [4.78, 5) is 14.2. The monoisotopic (exact) mass is 210 g/mol. The summed E-state index contributed by atoms with van der Waals surface area (Å²) in [5.41, 5.74) is 0.892. The molecule has 1 fully saturated rings. The quantitative estimate of drug-likeness (QED) is 0.714. The highest BCUT2D eigenvalue weighted by Crippen LogP contribution is 2.17. The van der Waals surface area contributed by atoms with E-state index >= 15 is 0 Å². The van der Waals surface area contributed by atoms with Crippen molar-refractivity contribution in [3.8, 4) is 0 Å². The fraction of sp³-hybridized carbons (Fsp3) is 0.750. The zero-order valence-corrected chi connectivity index (χ0v) is 10.2. The summed E-state index contributed by atoms with van der Waals surface area (Å²) in [6.45, 7) is 10.2. The van der Waals surface area contributed by atoms with Crippen LogP contribution in [0.5, 0.6) is 0 Å². The number of amides is 1. The highest BCUT2D eigenvalue weighted by atomic mass is 16.1. The van der Waals surface area contributed by atoms with Crippen LogP contribution in [-0.2, 0) is 4.79 Å². The maximum Gasteiger partial charge on any atom is 0.248 e. The topological polar surface area (TPSA) is 32.3 Å². The Morgan fingerprint density at radius 1 is 1.33 bits per heavy atom. The van der Waals surface area contributed by atoms with E-state index < -0.39 is 0 Å². The molecule has 3 nitrogen and oxygen atoms in total. The average molecular weight is 210 g/mol. The number of nitrogens with one attached hydrogen (secondary N) is 1. The summed E-state index contributed by atoms with van der Waals surface area (Å²) in [7, 11) is 0. The van der Waals surface area contributed by atoms with Crippen LogP contribution in [0.2, 0.25) is 0 Å². The van der Waals surface area contributed by atoms with Gasteiger partial charge in [-0.05, 0) is 47.2 Å². The third-order valence-corrected chi connectivity index (χ3v) is 2.88. The predicted molar refractivity (Wildman–Crippen MR) is 62.7 cm³/mol. The van der Waals surface area contributed by atoms with Gasteiger partial charge in [0.05, 0.1) is 0 Å². The zero-order valence-electron chi connectivity index (χ0n) is 10.2. The molecule has 1 saturated heterocycles. The summed E-state index contributed by atoms with van der Waals surface area (Å²) >= 11 is 0. The number of carbonyl (C=O) groups excluding carboxylic acids is 1. The van der Waals surface area contributed by atoms with Crippen molar-refractivity contribution in [3.63, 3.8) is 0 Å². The van der Waals surface area contributed by atoms with Gasteiger partial charge in [0.2, 0.25) is 5.91 Å². The fourth-order valence-corrected chi connectivity index (χ4v) is 1.83. The second kappa shape index (κ2) is 5.31. The first-order valence-corrected chi connectivity index (χ1v) is 5.77. The molecule has 1 atom stereocenters. The maximum absolute atomic E-state index is 11.9. The number of rotatable bonds is 4. The Kier molecular flexibility index (Phi) is 4.33. The first kappa shape index (κ1) is 12.2. The molecule has 0 aliphatic carbocycles. The molecule has 0 radical (unpaired) electrons. The molecule has 1 aliphatic heterocycles. The number of allylic oxidation sites excluding steroid dienone is 1. The van der Waals surface area contributed by atoms with Crippen LogP contribution in [0.25, 0.3) is 0 Å². The lowest BCUT2D eigenvalue weighted by atomic mass is 10.0. The molecule has 86 valence electrons. The molecule has 1 heterocycles. The van der Waals surface area contributed by atoms with Crippen LogP contribution in [0.3, 0.4) is 0 Å². The van der Waals surface area contributed by atoms with Gasteiger partial charge in [-0.1, -0.05) is 6.08 Å². The molecule has 1 N–H and O–H groups in total. The average Bonchev–Trinajstić information content (AvgIpc) is 1.99. The molecule has 3 heteroatoms. The summed E-state index contributed by atoms with van der Waals surface area (Å²) < 4.78 is 0. The van der Waals surface area contributed by atoms with Crippen LogP contribution < -0.4 is 5.32 Å². The highest BCUT2D eigenvalue weighted by Gasteiger charge is 2.26. The van der Waals surface area contributed by atoms with Crippen LogP contribution in [-0.4, -0.2) is 36.0 Å². The van der Waals surface area contributed by atoms with E-state index in [1.807, 2.05) is 26.8 Å². The minimum absolute atomic E-state index is 0.0758. The highest BCUT2D eigenvalue weighted by molar-refractivity contribution is 5.94. The zero-order chi connectivity index (χ0) is 11.4. The first-order chi connectivity index (χ1) is 7.06. The van der Waals surface area contributed by atoms with Gasteiger partial charge in [0.1, 0.15) is 0 Å². The van der Waals surface area contributed by atoms with Crippen molar-refractivity contribution in [2.24, 2.45) is 0 Å². The number of carbonyl (C=O) groups is 1. The number of hydrogen-bond donors (Lipinski definition) is 1. The first-order valence-electron chi connectivity index (χ1n) is 5.77. The summed E-state index contributed by atoms with van der Waals surface area (Å²) in [5, 5.41) is 2.94. The fourth-order valence-electron chi connectivity index (χ4n) is 1.83. The standard InChI is InChI=1S/C12H22N2O/c1-5-11(12(15)13-9(2)3)10(4)14-7-6-8-14/h5,9-10H,6-8H2,1-4H3,(H,13,15)/b11-5+. The molecule has 0 saturated carbocycles. The molecule has 1 rings (SSSR count). The van der Waals surface area contributed by atoms with E-state index in [1.165, 1.54) is 6.42 Å². The molecule has 0 bridgehead atoms. The normalized spacial score (nSPS) is 19.9. The third kappa shape index (κ3) is 3.06. The molecule has 1 amide bonds. The smallest absolute Gasteiger partial charge is 0.248 e. The van der Waals surface area contributed by atoms with Crippen molar-refractivity contribution in [2.45, 2.75) is 46.2 Å². The number of likely N-dealkylation sites (tertiary alicyclic amines) is 1. The minimum atomic E-state index is 0.0758. The van der Waals surface area contributed by atoms with E-state index in [0.717, 1.165) is 18.7 Å². The van der Waals surface area contributed by atoms with Crippen LogP contribution >= 0.6 is 0 Å². The van der Waals surface area contributed by atoms with Gasteiger partial charge in [-0.25, -0.2) is 0 Å². The van der Waals surface area contributed by atoms with Gasteiger partial charge < -0.3 is 5.32 Å². The lowest BCUT2D eigenvalue weighted by Gasteiger charge is -2.37. The predicted octanol–water partition coefficient (Wildman–Crippen LogP) is 1.55. The van der Waals surface area contributed by atoms with E-state index in [1.54, 1.807) is 0 Å². The van der Waals surface area contributed by atoms with E-state index in [0.29, 0.717) is 0 Å². The van der Waals surface area contributed by atoms with Crippen molar-refractivity contribution in [3.05, 3.63) is 11.6 Å². The molecule has 15 heavy (non-hydrogen) atoms. The van der Waals surface area contributed by atoms with Crippen molar-refractivity contribution < 1.29 is 4.79 Å². The Morgan fingerprint density at radius 2 is 1.93 bits per heavy atom. The maximum atomic E-state index is 11.9. The summed E-state index contributed by atoms with van der Waals surface area (Å²) in [6, 6.07) is 0.457. The molecule has 0 aromatic heterocycles. The molecule has 0 aromatic carbocycles. The van der Waals surface area contributed by atoms with E-state index in [9.17, 15) is 4.79 Å². The van der Waals surface area contributed by atoms with Crippen molar-refractivity contribution in [1.82, 2.24) is 10.2 Å². The summed E-state index contributed by atoms with van der Waals surface area (Å²) in [6.07, 6.45) is 3.19. The summed E-state index contributed by atoms with van der Waals surface area (Å²) in [5.74, 6) is 0.0758. The Morgan fingerprint density at radius 3 is 2.27 bits per heavy atom. The van der Waals surface area contributed by atoms with Crippen LogP contribution in [0.15, 0.2) is 11.6 Å². The molecular formula is C12H22N2O. The SMILES string of the molecule is C/C=C(/C(=O)NC(C)C)C(C)N1CCC1. The van der Waals surface area contributed by atoms with Crippen LogP contribution in [0.4, 0.5) is 0 Å². The van der Waals surface area contributed by atoms with Crippen LogP contribution in [0.1, 0.15) is 34.1 Å². The molecule has 0 aromatic rings. The minimum Gasteiger partial charge on any atom is -0.350 e. The van der Waals surface area contributed by atoms with E-state index in [-0.39, 0.29) is 18.0 Å². The molecule has 1 aliphatic rings. The van der Waals surface area contributed by atoms with Crippen molar-refractivity contribution in [2.75, 3.05) is 13.1 Å². The van der Waals surface area contributed by atoms with Gasteiger partial charge in [-0.3, -0.25) is 9.69 Å². The Labute approximate surface area is 92.5 Å².